The molecule has 0 aromatic rings. The predicted molar refractivity (Wildman–Crippen MR) is 72.2 cm³/mol. The number of carboxylic acids is 4. The maximum absolute atomic E-state index is 10.5. The Morgan fingerprint density at radius 1 is 0.500 bits per heavy atom. The van der Waals surface area contributed by atoms with Gasteiger partial charge in [0.15, 0.2) is 0 Å². The third kappa shape index (κ3) is 4.44. The Kier molecular flexibility index (Phi) is 6.33. The SMILES string of the molecule is O=C(O)[C@H]1CCC[C@H]1C(=O)O.O=C(O)[C@H]1CCC[C@H]1C(=O)O. The van der Waals surface area contributed by atoms with Gasteiger partial charge in [-0.2, -0.15) is 0 Å². The molecule has 0 aromatic heterocycles. The van der Waals surface area contributed by atoms with E-state index in [1.807, 2.05) is 0 Å². The smallest absolute Gasteiger partial charge is 0.307 e. The molecular weight excluding hydrogens is 296 g/mol. The van der Waals surface area contributed by atoms with Crippen LogP contribution in [0.1, 0.15) is 38.5 Å². The van der Waals surface area contributed by atoms with Crippen LogP contribution in [0.25, 0.3) is 0 Å². The van der Waals surface area contributed by atoms with Gasteiger partial charge in [-0.25, -0.2) is 0 Å². The van der Waals surface area contributed by atoms with Crippen molar-refractivity contribution in [3.05, 3.63) is 0 Å². The van der Waals surface area contributed by atoms with Gasteiger partial charge >= 0.3 is 23.9 Å². The average Bonchev–Trinajstić information content (AvgIpc) is 3.08. The molecule has 4 N–H and O–H groups in total. The van der Waals surface area contributed by atoms with Crippen molar-refractivity contribution in [3.8, 4) is 0 Å². The summed E-state index contributed by atoms with van der Waals surface area (Å²) in [5.74, 6) is -6.55. The standard InChI is InChI=1S/2C7H10O4/c2*8-6(9)4-2-1-3-5(4)7(10)11/h2*4-5H,1-3H2,(H,8,9)(H,10,11)/t2*4-,5+. The number of carbonyl (C=O) groups is 4. The van der Waals surface area contributed by atoms with Crippen LogP contribution < -0.4 is 0 Å². The summed E-state index contributed by atoms with van der Waals surface area (Å²) >= 11 is 0. The molecule has 22 heavy (non-hydrogen) atoms. The highest BCUT2D eigenvalue weighted by Crippen LogP contribution is 2.32. The second kappa shape index (κ2) is 7.77. The molecule has 124 valence electrons. The van der Waals surface area contributed by atoms with Gasteiger partial charge in [0.25, 0.3) is 0 Å². The zero-order valence-corrected chi connectivity index (χ0v) is 12.0. The van der Waals surface area contributed by atoms with E-state index in [1.54, 1.807) is 0 Å². The molecule has 2 aliphatic rings. The van der Waals surface area contributed by atoms with Gasteiger partial charge in [0, 0.05) is 0 Å². The first-order chi connectivity index (χ1) is 10.3. The lowest BCUT2D eigenvalue weighted by Gasteiger charge is -2.09. The minimum absolute atomic E-state index is 0.506. The Balaban J connectivity index is 0.000000220. The average molecular weight is 316 g/mol. The van der Waals surface area contributed by atoms with Crippen molar-refractivity contribution in [1.29, 1.82) is 0 Å². The number of hydrogen-bond donors (Lipinski definition) is 4. The molecule has 4 atom stereocenters. The molecule has 2 rings (SSSR count). The minimum atomic E-state index is -0.977. The highest BCUT2D eigenvalue weighted by Gasteiger charge is 2.38. The van der Waals surface area contributed by atoms with E-state index in [1.165, 1.54) is 0 Å². The van der Waals surface area contributed by atoms with Crippen LogP contribution in [0.4, 0.5) is 0 Å². The molecule has 2 fully saturated rings. The first-order valence-electron chi connectivity index (χ1n) is 7.17. The van der Waals surface area contributed by atoms with Crippen LogP contribution in [0, 0.1) is 23.7 Å². The van der Waals surface area contributed by atoms with Gasteiger partial charge in [-0.1, -0.05) is 12.8 Å². The summed E-state index contributed by atoms with van der Waals surface area (Å²) in [5, 5.41) is 34.3. The van der Waals surface area contributed by atoms with Crippen molar-refractivity contribution in [1.82, 2.24) is 0 Å². The number of hydrogen-bond acceptors (Lipinski definition) is 4. The highest BCUT2D eigenvalue weighted by molar-refractivity contribution is 5.81. The van der Waals surface area contributed by atoms with Crippen molar-refractivity contribution in [2.75, 3.05) is 0 Å². The maximum Gasteiger partial charge on any atom is 0.307 e. The van der Waals surface area contributed by atoms with E-state index >= 15 is 0 Å². The molecule has 0 radical (unpaired) electrons. The van der Waals surface area contributed by atoms with Crippen LogP contribution in [0.5, 0.6) is 0 Å². The normalized spacial score (nSPS) is 30.2. The third-order valence-corrected chi connectivity index (χ3v) is 4.30. The van der Waals surface area contributed by atoms with Gasteiger partial charge in [-0.15, -0.1) is 0 Å². The molecule has 0 saturated heterocycles. The summed E-state index contributed by atoms with van der Waals surface area (Å²) in [6, 6.07) is 0. The number of aliphatic carboxylic acids is 4. The summed E-state index contributed by atoms with van der Waals surface area (Å²) in [6.07, 6.45) is 3.46. The first-order valence-corrected chi connectivity index (χ1v) is 7.17. The summed E-state index contributed by atoms with van der Waals surface area (Å²) in [7, 11) is 0. The van der Waals surface area contributed by atoms with Crippen LogP contribution in [-0.4, -0.2) is 44.3 Å². The fourth-order valence-corrected chi connectivity index (χ4v) is 3.10. The van der Waals surface area contributed by atoms with Crippen molar-refractivity contribution in [3.63, 3.8) is 0 Å². The molecule has 0 heterocycles. The van der Waals surface area contributed by atoms with Gasteiger partial charge in [0.05, 0.1) is 23.7 Å². The van der Waals surface area contributed by atoms with Crippen LogP contribution in [0.15, 0.2) is 0 Å². The molecular formula is C14H20O8. The Labute approximate surface area is 126 Å². The van der Waals surface area contributed by atoms with Gasteiger partial charge in [-0.3, -0.25) is 19.2 Å². The number of rotatable bonds is 4. The zero-order valence-electron chi connectivity index (χ0n) is 12.0. The molecule has 0 amide bonds. The van der Waals surface area contributed by atoms with Crippen LogP contribution in [-0.2, 0) is 19.2 Å². The van der Waals surface area contributed by atoms with Crippen LogP contribution >= 0.6 is 0 Å². The van der Waals surface area contributed by atoms with Gasteiger partial charge in [-0.05, 0) is 25.7 Å². The van der Waals surface area contributed by atoms with Crippen molar-refractivity contribution in [2.45, 2.75) is 38.5 Å². The van der Waals surface area contributed by atoms with Crippen molar-refractivity contribution < 1.29 is 39.6 Å². The Morgan fingerprint density at radius 2 is 0.682 bits per heavy atom. The summed E-state index contributed by atoms with van der Waals surface area (Å²) in [6.45, 7) is 0. The van der Waals surface area contributed by atoms with E-state index in [0.29, 0.717) is 38.5 Å². The van der Waals surface area contributed by atoms with Crippen LogP contribution in [0.2, 0.25) is 0 Å². The third-order valence-electron chi connectivity index (χ3n) is 4.30. The van der Waals surface area contributed by atoms with Gasteiger partial charge in [0.1, 0.15) is 0 Å². The Bertz CT molecular complexity index is 376. The summed E-state index contributed by atoms with van der Waals surface area (Å²) in [5.41, 5.74) is 0. The van der Waals surface area contributed by atoms with E-state index in [9.17, 15) is 19.2 Å². The van der Waals surface area contributed by atoms with E-state index in [-0.39, 0.29) is 0 Å². The molecule has 2 saturated carbocycles. The lowest BCUT2D eigenvalue weighted by Crippen LogP contribution is -2.24. The molecule has 0 aromatic carbocycles. The topological polar surface area (TPSA) is 149 Å². The minimum Gasteiger partial charge on any atom is -0.481 e. The van der Waals surface area contributed by atoms with E-state index in [0.717, 1.165) is 0 Å². The monoisotopic (exact) mass is 316 g/mol. The maximum atomic E-state index is 10.5. The first kappa shape index (κ1) is 17.9. The Morgan fingerprint density at radius 3 is 0.818 bits per heavy atom. The lowest BCUT2D eigenvalue weighted by molar-refractivity contribution is -0.152. The molecule has 0 bridgehead atoms. The molecule has 8 nitrogen and oxygen atoms in total. The lowest BCUT2D eigenvalue weighted by atomic mass is 9.97. The highest BCUT2D eigenvalue weighted by atomic mass is 16.4. The van der Waals surface area contributed by atoms with Crippen LogP contribution in [0.3, 0.4) is 0 Å². The fraction of sp³-hybridized carbons (Fsp3) is 0.714. The summed E-state index contributed by atoms with van der Waals surface area (Å²) in [4.78, 5) is 41.8. The molecule has 0 aliphatic heterocycles. The zero-order chi connectivity index (χ0) is 16.9. The Hall–Kier alpha value is -2.12. The molecule has 0 unspecified atom stereocenters. The number of carboxylic acid groups (broad SMARTS) is 4. The van der Waals surface area contributed by atoms with Crippen molar-refractivity contribution in [2.24, 2.45) is 23.7 Å². The predicted octanol–water partition coefficient (Wildman–Crippen LogP) is 1.14. The largest absolute Gasteiger partial charge is 0.481 e. The van der Waals surface area contributed by atoms with E-state index in [2.05, 4.69) is 0 Å². The summed E-state index contributed by atoms with van der Waals surface area (Å²) < 4.78 is 0. The molecule has 0 spiro atoms. The molecule has 8 heteroatoms. The van der Waals surface area contributed by atoms with Gasteiger partial charge in [0.2, 0.25) is 0 Å². The van der Waals surface area contributed by atoms with E-state index in [4.69, 9.17) is 20.4 Å². The van der Waals surface area contributed by atoms with E-state index < -0.39 is 47.5 Å². The van der Waals surface area contributed by atoms with Crippen molar-refractivity contribution >= 4 is 23.9 Å². The second-order valence-corrected chi connectivity index (χ2v) is 5.64. The quantitative estimate of drug-likeness (QED) is 0.603. The second-order valence-electron chi connectivity index (χ2n) is 5.64. The van der Waals surface area contributed by atoms with Gasteiger partial charge < -0.3 is 20.4 Å². The fourth-order valence-electron chi connectivity index (χ4n) is 3.10. The molecule has 2 aliphatic carbocycles.